The predicted octanol–water partition coefficient (Wildman–Crippen LogP) is -2.83. The fourth-order valence-corrected chi connectivity index (χ4v) is 0.678. The van der Waals surface area contributed by atoms with Crippen LogP contribution in [0.25, 0.3) is 0 Å². The van der Waals surface area contributed by atoms with Gasteiger partial charge in [0, 0.05) is 12.4 Å². The molecule has 1 unspecified atom stereocenters. The van der Waals surface area contributed by atoms with Crippen LogP contribution < -0.4 is 29.6 Å². The summed E-state index contributed by atoms with van der Waals surface area (Å²) in [5.74, 6) is 0. The third kappa shape index (κ3) is 2.85. The molecule has 0 aliphatic carbocycles. The molecule has 1 heterocycles. The normalized spacial score (nSPS) is 11.7. The molecule has 1 aromatic heterocycles. The van der Waals surface area contributed by atoms with Gasteiger partial charge in [-0.15, -0.1) is 0 Å². The molecule has 10 heavy (non-hydrogen) atoms. The molecule has 50 valence electrons. The monoisotopic (exact) mass is 168 g/mol. The summed E-state index contributed by atoms with van der Waals surface area (Å²) in [4.78, 5) is 7.16. The summed E-state index contributed by atoms with van der Waals surface area (Å²) in [5.41, 5.74) is 0. The first-order valence-electron chi connectivity index (χ1n) is 2.17. The Morgan fingerprint density at radius 3 is 2.60 bits per heavy atom. The van der Waals surface area contributed by atoms with Gasteiger partial charge in [0.15, 0.2) is 5.03 Å². The fraction of sp³-hybridized carbons (Fsp3) is 0. The van der Waals surface area contributed by atoms with E-state index in [-0.39, 0.29) is 36.0 Å². The Hall–Kier alpha value is 0.190. The van der Waals surface area contributed by atoms with Crippen molar-refractivity contribution in [3.63, 3.8) is 0 Å². The van der Waals surface area contributed by atoms with Gasteiger partial charge < -0.3 is 5.98 Å². The zero-order valence-corrected chi connectivity index (χ0v) is 8.21. The van der Waals surface area contributed by atoms with Gasteiger partial charge in [0.05, 0.1) is 6.20 Å². The van der Waals surface area contributed by atoms with E-state index in [0.29, 0.717) is 0 Å². The third-order valence-electron chi connectivity index (χ3n) is 0.718. The standard InChI is InChI=1S/C4H4N2O2S.Na.H/c7-9(8)4-3-5-1-2-6-4;;/h1-3H,(H,7,8);;/q;+1;-1. The van der Waals surface area contributed by atoms with Gasteiger partial charge in [-0.1, -0.05) is 0 Å². The minimum atomic E-state index is -2.00. The Kier molecular flexibility index (Phi) is 5.02. The van der Waals surface area contributed by atoms with Gasteiger partial charge in [0.2, 0.25) is 11.1 Å². The van der Waals surface area contributed by atoms with E-state index in [0.717, 1.165) is 0 Å². The molecule has 0 bridgehead atoms. The largest absolute Gasteiger partial charge is 1.00 e. The quantitative estimate of drug-likeness (QED) is 0.363. The molecule has 0 aliphatic heterocycles. The fourth-order valence-electron chi connectivity index (χ4n) is 0.376. The number of aromatic nitrogens is 2. The Balaban J connectivity index is 0. The molecule has 0 radical (unpaired) electrons. The molecule has 1 atom stereocenters. The van der Waals surface area contributed by atoms with Crippen molar-refractivity contribution in [3.05, 3.63) is 18.6 Å². The van der Waals surface area contributed by atoms with Crippen LogP contribution in [0, 0.1) is 0 Å². The smallest absolute Gasteiger partial charge is 1.00 e. The Morgan fingerprint density at radius 2 is 2.30 bits per heavy atom. The van der Waals surface area contributed by atoms with Crippen LogP contribution in [0.3, 0.4) is 0 Å². The summed E-state index contributed by atoms with van der Waals surface area (Å²) >= 11 is -2.00. The van der Waals surface area contributed by atoms with E-state index in [1.807, 2.05) is 0 Å². The second-order valence-corrected chi connectivity index (χ2v) is 2.21. The third-order valence-corrected chi connectivity index (χ3v) is 1.29. The number of nitrogens with zero attached hydrogens (tertiary/aromatic N) is 2. The van der Waals surface area contributed by atoms with Crippen LogP contribution in [-0.4, -0.2) is 18.7 Å². The average Bonchev–Trinajstić information content (AvgIpc) is 1.90. The molecule has 6 heteroatoms. The van der Waals surface area contributed by atoms with Crippen molar-refractivity contribution in [2.45, 2.75) is 5.03 Å². The maximum Gasteiger partial charge on any atom is 1.00 e. The summed E-state index contributed by atoms with van der Waals surface area (Å²) in [6.07, 6.45) is 4.05. The maximum absolute atomic E-state index is 10.2. The number of hydrogen-bond donors (Lipinski definition) is 1. The molecule has 0 saturated heterocycles. The second-order valence-electron chi connectivity index (χ2n) is 1.29. The minimum absolute atomic E-state index is 0. The molecule has 0 amide bonds. The first kappa shape index (κ1) is 10.2. The van der Waals surface area contributed by atoms with Crippen LogP contribution in [0.1, 0.15) is 1.43 Å². The molecule has 1 N–H and O–H groups in total. The zero-order valence-electron chi connectivity index (χ0n) is 6.39. The van der Waals surface area contributed by atoms with Crippen LogP contribution in [-0.2, 0) is 11.1 Å². The molecule has 0 spiro atoms. The van der Waals surface area contributed by atoms with E-state index >= 15 is 0 Å². The summed E-state index contributed by atoms with van der Waals surface area (Å²) < 4.78 is 18.6. The van der Waals surface area contributed by atoms with Gasteiger partial charge in [-0.3, -0.25) is 4.98 Å². The Labute approximate surface area is 84.1 Å². The van der Waals surface area contributed by atoms with E-state index in [2.05, 4.69) is 9.97 Å². The second kappa shape index (κ2) is 4.92. The molecule has 1 aromatic rings. The number of hydrogen-bond acceptors (Lipinski definition) is 3. The van der Waals surface area contributed by atoms with E-state index in [9.17, 15) is 4.21 Å². The maximum atomic E-state index is 10.2. The number of rotatable bonds is 1. The van der Waals surface area contributed by atoms with Crippen LogP contribution >= 0.6 is 0 Å². The minimum Gasteiger partial charge on any atom is -1.00 e. The van der Waals surface area contributed by atoms with Crippen molar-refractivity contribution in [1.82, 2.24) is 9.97 Å². The Bertz CT molecular complexity index is 223. The molecule has 0 fully saturated rings. The van der Waals surface area contributed by atoms with Crippen molar-refractivity contribution in [2.75, 3.05) is 0 Å². The van der Waals surface area contributed by atoms with Gasteiger partial charge in [0.1, 0.15) is 0 Å². The summed E-state index contributed by atoms with van der Waals surface area (Å²) in [6.45, 7) is 0. The van der Waals surface area contributed by atoms with E-state index in [1.54, 1.807) is 0 Å². The van der Waals surface area contributed by atoms with Gasteiger partial charge in [-0.25, -0.2) is 9.19 Å². The first-order valence-corrected chi connectivity index (χ1v) is 3.28. The Morgan fingerprint density at radius 1 is 1.60 bits per heavy atom. The van der Waals surface area contributed by atoms with Gasteiger partial charge in [-0.05, 0) is 0 Å². The van der Waals surface area contributed by atoms with Gasteiger partial charge in [0.25, 0.3) is 0 Å². The van der Waals surface area contributed by atoms with Crippen LogP contribution in [0.2, 0.25) is 0 Å². The molecular weight excluding hydrogens is 163 g/mol. The topological polar surface area (TPSA) is 63.1 Å². The van der Waals surface area contributed by atoms with E-state index in [4.69, 9.17) is 4.55 Å². The van der Waals surface area contributed by atoms with Crippen molar-refractivity contribution in [2.24, 2.45) is 0 Å². The first-order chi connectivity index (χ1) is 4.30. The van der Waals surface area contributed by atoms with Gasteiger partial charge in [-0.2, -0.15) is 0 Å². The van der Waals surface area contributed by atoms with E-state index in [1.165, 1.54) is 18.6 Å². The SMILES string of the molecule is O=S(O)c1cnccn1.[H-].[Na+]. The van der Waals surface area contributed by atoms with Crippen molar-refractivity contribution in [1.29, 1.82) is 0 Å². The van der Waals surface area contributed by atoms with Crippen LogP contribution in [0.4, 0.5) is 0 Å². The van der Waals surface area contributed by atoms with E-state index < -0.39 is 11.1 Å². The summed E-state index contributed by atoms with van der Waals surface area (Å²) in [7, 11) is 0. The van der Waals surface area contributed by atoms with Crippen molar-refractivity contribution >= 4 is 11.1 Å². The van der Waals surface area contributed by atoms with Crippen LogP contribution in [0.5, 0.6) is 0 Å². The van der Waals surface area contributed by atoms with Crippen molar-refractivity contribution < 1.29 is 39.7 Å². The average molecular weight is 168 g/mol. The zero-order chi connectivity index (χ0) is 6.69. The van der Waals surface area contributed by atoms with Gasteiger partial charge >= 0.3 is 29.6 Å². The predicted molar refractivity (Wildman–Crippen MR) is 32.2 cm³/mol. The molecule has 4 nitrogen and oxygen atoms in total. The molecule has 1 rings (SSSR count). The van der Waals surface area contributed by atoms with Crippen molar-refractivity contribution in [3.8, 4) is 0 Å². The summed E-state index contributed by atoms with van der Waals surface area (Å²) in [6, 6.07) is 0. The summed E-state index contributed by atoms with van der Waals surface area (Å²) in [5, 5.41) is 0.0810. The molecular formula is C4H5N2NaO2S. The molecule has 0 saturated carbocycles. The molecule has 0 aliphatic rings. The molecule has 0 aromatic carbocycles. The van der Waals surface area contributed by atoms with Crippen LogP contribution in [0.15, 0.2) is 23.6 Å².